The van der Waals surface area contributed by atoms with Crippen LogP contribution in [0.1, 0.15) is 25.7 Å². The molecular weight excluding hydrogens is 86.1 g/mol. The minimum absolute atomic E-state index is 0.869. The fourth-order valence-corrected chi connectivity index (χ4v) is 1.34. The molecule has 1 heteroatoms. The van der Waals surface area contributed by atoms with Gasteiger partial charge < -0.3 is 5.32 Å². The second kappa shape index (κ2) is 1.22. The Kier molecular flexibility index (Phi) is 0.680. The monoisotopic (exact) mass is 96.1 g/mol. The summed E-state index contributed by atoms with van der Waals surface area (Å²) in [5.74, 6) is 0. The van der Waals surface area contributed by atoms with Crippen LogP contribution in [0.5, 0.6) is 0 Å². The predicted octanol–water partition coefficient (Wildman–Crippen LogP) is 1.06. The van der Waals surface area contributed by atoms with Gasteiger partial charge in [0.05, 0.1) is 6.04 Å². The lowest BCUT2D eigenvalue weighted by atomic mass is 10.0. The second-order valence-electron chi connectivity index (χ2n) is 2.47. The first kappa shape index (κ1) is 3.90. The number of rotatable bonds is 0. The van der Waals surface area contributed by atoms with Crippen LogP contribution in [0, 0.1) is 6.04 Å². The molecule has 2 fully saturated rings. The lowest BCUT2D eigenvalue weighted by Gasteiger charge is -2.02. The maximum Gasteiger partial charge on any atom is 0.0537 e. The van der Waals surface area contributed by atoms with E-state index in [-0.39, 0.29) is 0 Å². The van der Waals surface area contributed by atoms with Gasteiger partial charge in [-0.25, -0.2) is 0 Å². The van der Waals surface area contributed by atoms with Crippen molar-refractivity contribution in [3.8, 4) is 0 Å². The Morgan fingerprint density at radius 2 is 2.43 bits per heavy atom. The molecule has 1 nitrogen and oxygen atoms in total. The molecule has 1 aliphatic heterocycles. The highest BCUT2D eigenvalue weighted by molar-refractivity contribution is 5.17. The van der Waals surface area contributed by atoms with E-state index in [1.807, 2.05) is 0 Å². The third kappa shape index (κ3) is 0.556. The average Bonchev–Trinajstić information content (AvgIpc) is 2.41. The van der Waals surface area contributed by atoms with Gasteiger partial charge in [-0.2, -0.15) is 0 Å². The van der Waals surface area contributed by atoms with Crippen molar-refractivity contribution in [3.05, 3.63) is 6.04 Å². The number of hydrogen-bond donors (Lipinski definition) is 1. The molecule has 2 aliphatic rings. The second-order valence-corrected chi connectivity index (χ2v) is 2.47. The highest BCUT2D eigenvalue weighted by Crippen LogP contribution is 2.34. The maximum absolute atomic E-state index is 3.35. The molecule has 1 N–H and O–H groups in total. The van der Waals surface area contributed by atoms with Gasteiger partial charge in [0.25, 0.3) is 0 Å². The fourth-order valence-electron chi connectivity index (χ4n) is 1.34. The molecule has 1 unspecified atom stereocenters. The smallest absolute Gasteiger partial charge is 0.0537 e. The predicted molar refractivity (Wildman–Crippen MR) is 28.6 cm³/mol. The normalized spacial score (nSPS) is 40.3. The van der Waals surface area contributed by atoms with Gasteiger partial charge >= 0.3 is 0 Å². The van der Waals surface area contributed by atoms with Crippen molar-refractivity contribution in [1.82, 2.24) is 5.32 Å². The number of nitrogens with one attached hydrogen (secondary N) is 1. The summed E-state index contributed by atoms with van der Waals surface area (Å²) in [6.45, 7) is 0. The molecule has 2 rings (SSSR count). The molecule has 39 valence electrons. The van der Waals surface area contributed by atoms with Crippen molar-refractivity contribution < 1.29 is 0 Å². The van der Waals surface area contributed by atoms with Gasteiger partial charge in [0.2, 0.25) is 0 Å². The molecule has 7 heavy (non-hydrogen) atoms. The minimum Gasteiger partial charge on any atom is -0.303 e. The Morgan fingerprint density at radius 3 is 3.00 bits per heavy atom. The van der Waals surface area contributed by atoms with E-state index < -0.39 is 0 Å². The third-order valence-corrected chi connectivity index (χ3v) is 1.89. The first-order valence-corrected chi connectivity index (χ1v) is 3.09. The van der Waals surface area contributed by atoms with Crippen LogP contribution in [0.15, 0.2) is 0 Å². The number of fused-ring (bicyclic) bond motifs is 1. The lowest BCUT2D eigenvalue weighted by molar-refractivity contribution is 0.619. The Labute approximate surface area is 44.1 Å². The van der Waals surface area contributed by atoms with Crippen LogP contribution in [-0.4, -0.2) is 6.04 Å². The first-order valence-electron chi connectivity index (χ1n) is 3.09. The Hall–Kier alpha value is -0.0400. The zero-order valence-electron chi connectivity index (χ0n) is 4.41. The van der Waals surface area contributed by atoms with Crippen molar-refractivity contribution in [2.45, 2.75) is 31.7 Å². The van der Waals surface area contributed by atoms with E-state index in [9.17, 15) is 0 Å². The Bertz CT molecular complexity index is 70.2. The summed E-state index contributed by atoms with van der Waals surface area (Å²) in [6, 6.07) is 2.50. The third-order valence-electron chi connectivity index (χ3n) is 1.89. The summed E-state index contributed by atoms with van der Waals surface area (Å²) in [5.41, 5.74) is 0. The molecule has 1 heterocycles. The summed E-state index contributed by atoms with van der Waals surface area (Å²) in [6.07, 6.45) is 5.65. The van der Waals surface area contributed by atoms with E-state index in [1.54, 1.807) is 6.04 Å². The summed E-state index contributed by atoms with van der Waals surface area (Å²) in [7, 11) is 0. The molecular formula is C6H10N. The van der Waals surface area contributed by atoms with Crippen LogP contribution in [0.3, 0.4) is 0 Å². The zero-order valence-corrected chi connectivity index (χ0v) is 4.41. The van der Waals surface area contributed by atoms with Crippen molar-refractivity contribution in [1.29, 1.82) is 0 Å². The van der Waals surface area contributed by atoms with E-state index in [4.69, 9.17) is 0 Å². The van der Waals surface area contributed by atoms with Crippen LogP contribution in [-0.2, 0) is 0 Å². The summed E-state index contributed by atoms with van der Waals surface area (Å²) in [5, 5.41) is 3.35. The van der Waals surface area contributed by atoms with Gasteiger partial charge in [-0.3, -0.25) is 0 Å². The average molecular weight is 96.2 g/mol. The highest BCUT2D eigenvalue weighted by atomic mass is 15.1. The molecule has 0 aromatic heterocycles. The SMILES string of the molecule is C1CCC2N[C]2C1. The molecule has 1 radical (unpaired) electrons. The van der Waals surface area contributed by atoms with E-state index in [1.165, 1.54) is 25.7 Å². The van der Waals surface area contributed by atoms with Crippen molar-refractivity contribution in [2.24, 2.45) is 0 Å². The van der Waals surface area contributed by atoms with E-state index in [0.29, 0.717) is 0 Å². The molecule has 1 atom stereocenters. The molecule has 0 bridgehead atoms. The van der Waals surface area contributed by atoms with Crippen LogP contribution >= 0.6 is 0 Å². The summed E-state index contributed by atoms with van der Waals surface area (Å²) in [4.78, 5) is 0. The standard InChI is InChI=1S/C6H10N/c1-2-4-6-5(3-1)7-6/h5,7H,1-4H2. The summed E-state index contributed by atoms with van der Waals surface area (Å²) < 4.78 is 0. The molecule has 1 saturated heterocycles. The number of hydrogen-bond acceptors (Lipinski definition) is 1. The van der Waals surface area contributed by atoms with Crippen molar-refractivity contribution >= 4 is 0 Å². The molecule has 0 aromatic carbocycles. The van der Waals surface area contributed by atoms with Crippen LogP contribution in [0.25, 0.3) is 0 Å². The van der Waals surface area contributed by atoms with Gasteiger partial charge in [0.15, 0.2) is 0 Å². The largest absolute Gasteiger partial charge is 0.303 e. The Balaban J connectivity index is 1.95. The van der Waals surface area contributed by atoms with Gasteiger partial charge in [0.1, 0.15) is 0 Å². The van der Waals surface area contributed by atoms with Crippen molar-refractivity contribution in [3.63, 3.8) is 0 Å². The maximum atomic E-state index is 3.35. The lowest BCUT2D eigenvalue weighted by Crippen LogP contribution is -1.94. The molecule has 0 spiro atoms. The Morgan fingerprint density at radius 1 is 1.43 bits per heavy atom. The van der Waals surface area contributed by atoms with Gasteiger partial charge in [-0.15, -0.1) is 0 Å². The molecule has 1 aliphatic carbocycles. The topological polar surface area (TPSA) is 21.9 Å². The fraction of sp³-hybridized carbons (Fsp3) is 0.833. The van der Waals surface area contributed by atoms with Crippen molar-refractivity contribution in [2.75, 3.05) is 0 Å². The molecule has 0 aromatic rings. The van der Waals surface area contributed by atoms with E-state index in [2.05, 4.69) is 5.32 Å². The van der Waals surface area contributed by atoms with Crippen LogP contribution in [0.2, 0.25) is 0 Å². The highest BCUT2D eigenvalue weighted by Gasteiger charge is 2.38. The van der Waals surface area contributed by atoms with E-state index >= 15 is 0 Å². The summed E-state index contributed by atoms with van der Waals surface area (Å²) >= 11 is 0. The minimum atomic E-state index is 0.869. The van der Waals surface area contributed by atoms with Gasteiger partial charge in [0, 0.05) is 6.04 Å². The van der Waals surface area contributed by atoms with Gasteiger partial charge in [-0.1, -0.05) is 12.8 Å². The van der Waals surface area contributed by atoms with Crippen LogP contribution in [0.4, 0.5) is 0 Å². The molecule has 0 amide bonds. The van der Waals surface area contributed by atoms with Gasteiger partial charge in [-0.05, 0) is 12.8 Å². The molecule has 1 saturated carbocycles. The van der Waals surface area contributed by atoms with Crippen LogP contribution < -0.4 is 5.32 Å². The van der Waals surface area contributed by atoms with E-state index in [0.717, 1.165) is 6.04 Å². The quantitative estimate of drug-likeness (QED) is 0.447. The first-order chi connectivity index (χ1) is 3.47. The zero-order chi connectivity index (χ0) is 4.69.